The summed E-state index contributed by atoms with van der Waals surface area (Å²) in [5, 5.41) is 10.2. The molecule has 0 spiro atoms. The Morgan fingerprint density at radius 2 is 2.36 bits per heavy atom. The third kappa shape index (κ3) is 4.38. The van der Waals surface area contributed by atoms with E-state index in [9.17, 15) is 4.79 Å². The van der Waals surface area contributed by atoms with Crippen molar-refractivity contribution in [3.63, 3.8) is 0 Å². The van der Waals surface area contributed by atoms with Gasteiger partial charge in [-0.05, 0) is 6.42 Å². The fraction of sp³-hybridized carbons (Fsp3) is 0.750. The molecule has 0 aliphatic heterocycles. The minimum absolute atomic E-state index is 0.0328. The highest BCUT2D eigenvalue weighted by molar-refractivity contribution is 5.79. The van der Waals surface area contributed by atoms with Gasteiger partial charge in [-0.2, -0.15) is 5.26 Å². The molecular weight excluding hydrogens is 140 g/mol. The molecule has 11 heavy (non-hydrogen) atoms. The molecule has 62 valence electrons. The molecule has 0 fully saturated rings. The Hall–Kier alpha value is -1.04. The van der Waals surface area contributed by atoms with Crippen molar-refractivity contribution >= 4 is 5.91 Å². The van der Waals surface area contributed by atoms with Crippen LogP contribution >= 0.6 is 0 Å². The van der Waals surface area contributed by atoms with Crippen molar-refractivity contribution in [3.8, 4) is 6.19 Å². The summed E-state index contributed by atoms with van der Waals surface area (Å²) in [6.45, 7) is 3.91. The van der Waals surface area contributed by atoms with Crippen LogP contribution in [0.1, 0.15) is 33.1 Å². The van der Waals surface area contributed by atoms with E-state index < -0.39 is 0 Å². The zero-order chi connectivity index (χ0) is 8.69. The van der Waals surface area contributed by atoms with E-state index >= 15 is 0 Å². The summed E-state index contributed by atoms with van der Waals surface area (Å²) in [5.41, 5.74) is 0. The molecule has 0 aliphatic carbocycles. The molecule has 0 rings (SSSR count). The van der Waals surface area contributed by atoms with E-state index in [2.05, 4.69) is 12.2 Å². The van der Waals surface area contributed by atoms with Crippen LogP contribution in [0.4, 0.5) is 0 Å². The van der Waals surface area contributed by atoms with Crippen molar-refractivity contribution in [3.05, 3.63) is 0 Å². The van der Waals surface area contributed by atoms with Gasteiger partial charge in [0, 0.05) is 5.92 Å². The molecule has 0 bridgehead atoms. The van der Waals surface area contributed by atoms with E-state index in [1.165, 1.54) is 0 Å². The van der Waals surface area contributed by atoms with Crippen molar-refractivity contribution < 1.29 is 4.79 Å². The number of nitrogens with zero attached hydrogens (tertiary/aromatic N) is 1. The Morgan fingerprint density at radius 3 is 2.82 bits per heavy atom. The molecule has 3 nitrogen and oxygen atoms in total. The fourth-order valence-corrected chi connectivity index (χ4v) is 0.820. The van der Waals surface area contributed by atoms with E-state index in [0.29, 0.717) is 0 Å². The summed E-state index contributed by atoms with van der Waals surface area (Å²) in [6, 6.07) is 0. The number of hydrogen-bond donors (Lipinski definition) is 1. The maximum Gasteiger partial charge on any atom is 0.235 e. The number of carbonyl (C=O) groups excluding carboxylic acids is 1. The van der Waals surface area contributed by atoms with Crippen LogP contribution in [0.5, 0.6) is 0 Å². The van der Waals surface area contributed by atoms with Gasteiger partial charge in [0.1, 0.15) is 0 Å². The topological polar surface area (TPSA) is 52.9 Å². The number of carbonyl (C=O) groups is 1. The lowest BCUT2D eigenvalue weighted by atomic mass is 10.0. The highest BCUT2D eigenvalue weighted by Crippen LogP contribution is 2.06. The molecule has 0 heterocycles. The minimum Gasteiger partial charge on any atom is -0.274 e. The van der Waals surface area contributed by atoms with Gasteiger partial charge in [0.25, 0.3) is 0 Å². The molecule has 1 atom stereocenters. The van der Waals surface area contributed by atoms with Crippen LogP contribution in [-0.2, 0) is 4.79 Å². The standard InChI is InChI=1S/C8H14N2O/c1-3-4-5-7(2)8(11)10-6-9/h7H,3-5H2,1-2H3,(H,10,11). The van der Waals surface area contributed by atoms with Gasteiger partial charge in [0.05, 0.1) is 0 Å². The lowest BCUT2D eigenvalue weighted by Crippen LogP contribution is -2.24. The quantitative estimate of drug-likeness (QED) is 0.491. The highest BCUT2D eigenvalue weighted by Gasteiger charge is 2.10. The Balaban J connectivity index is 3.57. The van der Waals surface area contributed by atoms with Crippen molar-refractivity contribution in [2.24, 2.45) is 5.92 Å². The highest BCUT2D eigenvalue weighted by atomic mass is 16.1. The molecule has 1 amide bonds. The molecule has 0 aliphatic rings. The zero-order valence-corrected chi connectivity index (χ0v) is 7.05. The molecular formula is C8H14N2O. The summed E-state index contributed by atoms with van der Waals surface area (Å²) in [6.07, 6.45) is 4.62. The summed E-state index contributed by atoms with van der Waals surface area (Å²) in [7, 11) is 0. The van der Waals surface area contributed by atoms with Gasteiger partial charge in [-0.1, -0.05) is 26.7 Å². The Morgan fingerprint density at radius 1 is 1.73 bits per heavy atom. The van der Waals surface area contributed by atoms with Crippen LogP contribution in [0.25, 0.3) is 0 Å². The summed E-state index contributed by atoms with van der Waals surface area (Å²) in [5.74, 6) is -0.199. The predicted molar refractivity (Wildman–Crippen MR) is 42.4 cm³/mol. The normalized spacial score (nSPS) is 11.7. The van der Waals surface area contributed by atoms with E-state index in [1.807, 2.05) is 6.92 Å². The lowest BCUT2D eigenvalue weighted by molar-refractivity contribution is -0.123. The Bertz CT molecular complexity index is 160. The lowest BCUT2D eigenvalue weighted by Gasteiger charge is -2.05. The number of unbranched alkanes of at least 4 members (excludes halogenated alkanes) is 1. The van der Waals surface area contributed by atoms with E-state index in [4.69, 9.17) is 5.26 Å². The first kappa shape index (κ1) is 9.96. The molecule has 0 aromatic rings. The summed E-state index contributed by atoms with van der Waals surface area (Å²) in [4.78, 5) is 10.9. The van der Waals surface area contributed by atoms with Crippen LogP contribution in [0.3, 0.4) is 0 Å². The average molecular weight is 154 g/mol. The number of amides is 1. The van der Waals surface area contributed by atoms with Crippen molar-refractivity contribution in [2.75, 3.05) is 0 Å². The zero-order valence-electron chi connectivity index (χ0n) is 7.05. The van der Waals surface area contributed by atoms with Crippen molar-refractivity contribution in [1.29, 1.82) is 5.26 Å². The summed E-state index contributed by atoms with van der Waals surface area (Å²) >= 11 is 0. The maximum absolute atomic E-state index is 10.9. The molecule has 0 saturated heterocycles. The molecule has 0 aromatic heterocycles. The second kappa shape index (κ2) is 5.72. The van der Waals surface area contributed by atoms with Gasteiger partial charge in [0.2, 0.25) is 5.91 Å². The van der Waals surface area contributed by atoms with Gasteiger partial charge in [0.15, 0.2) is 6.19 Å². The molecule has 1 N–H and O–H groups in total. The SMILES string of the molecule is CCCCC(C)C(=O)NC#N. The van der Waals surface area contributed by atoms with Crippen LogP contribution in [0.2, 0.25) is 0 Å². The number of nitrogens with one attached hydrogen (secondary N) is 1. The third-order valence-electron chi connectivity index (χ3n) is 1.62. The van der Waals surface area contributed by atoms with Gasteiger partial charge in [-0.25, -0.2) is 0 Å². The Kier molecular flexibility index (Phi) is 5.18. The summed E-state index contributed by atoms with van der Waals surface area (Å²) < 4.78 is 0. The maximum atomic E-state index is 10.9. The first-order chi connectivity index (χ1) is 5.22. The van der Waals surface area contributed by atoms with Gasteiger partial charge in [-0.3, -0.25) is 10.1 Å². The minimum atomic E-state index is -0.166. The second-order valence-corrected chi connectivity index (χ2v) is 2.64. The smallest absolute Gasteiger partial charge is 0.235 e. The van der Waals surface area contributed by atoms with Crippen LogP contribution < -0.4 is 5.32 Å². The van der Waals surface area contributed by atoms with E-state index in [-0.39, 0.29) is 11.8 Å². The van der Waals surface area contributed by atoms with E-state index in [0.717, 1.165) is 19.3 Å². The largest absolute Gasteiger partial charge is 0.274 e. The molecule has 0 saturated carbocycles. The second-order valence-electron chi connectivity index (χ2n) is 2.64. The molecule has 0 radical (unpaired) electrons. The monoisotopic (exact) mass is 154 g/mol. The van der Waals surface area contributed by atoms with Crippen LogP contribution in [0, 0.1) is 17.4 Å². The fourth-order valence-electron chi connectivity index (χ4n) is 0.820. The molecule has 1 unspecified atom stereocenters. The third-order valence-corrected chi connectivity index (χ3v) is 1.62. The van der Waals surface area contributed by atoms with Gasteiger partial charge >= 0.3 is 0 Å². The van der Waals surface area contributed by atoms with Gasteiger partial charge in [-0.15, -0.1) is 0 Å². The number of hydrogen-bond acceptors (Lipinski definition) is 2. The number of nitriles is 1. The predicted octanol–water partition coefficient (Wildman–Crippen LogP) is 1.41. The van der Waals surface area contributed by atoms with Crippen LogP contribution in [-0.4, -0.2) is 5.91 Å². The first-order valence-electron chi connectivity index (χ1n) is 3.91. The van der Waals surface area contributed by atoms with Gasteiger partial charge < -0.3 is 0 Å². The molecule has 0 aromatic carbocycles. The van der Waals surface area contributed by atoms with Crippen LogP contribution in [0.15, 0.2) is 0 Å². The molecule has 3 heteroatoms. The Labute approximate surface area is 67.4 Å². The average Bonchev–Trinajstić information content (AvgIpc) is 2.00. The van der Waals surface area contributed by atoms with Crippen molar-refractivity contribution in [2.45, 2.75) is 33.1 Å². The number of rotatable bonds is 4. The first-order valence-corrected chi connectivity index (χ1v) is 3.91. The van der Waals surface area contributed by atoms with Crippen molar-refractivity contribution in [1.82, 2.24) is 5.32 Å². The van der Waals surface area contributed by atoms with E-state index in [1.54, 1.807) is 6.19 Å².